The molecule has 5 nitrogen and oxygen atoms in total. The minimum atomic E-state index is -4.41. The largest absolute Gasteiger partial charge is 0.497 e. The summed E-state index contributed by atoms with van der Waals surface area (Å²) in [7, 11) is 2.99. The van der Waals surface area contributed by atoms with Gasteiger partial charge in [0.2, 0.25) is 11.8 Å². The number of amides is 2. The second-order valence-corrected chi connectivity index (χ2v) is 5.92. The van der Waals surface area contributed by atoms with Gasteiger partial charge in [0.05, 0.1) is 19.2 Å². The van der Waals surface area contributed by atoms with Gasteiger partial charge in [-0.1, -0.05) is 12.1 Å². The molecule has 1 N–H and O–H groups in total. The van der Waals surface area contributed by atoms with Gasteiger partial charge >= 0.3 is 6.18 Å². The number of nitrogens with zero attached hydrogens (tertiary/aromatic N) is 1. The van der Waals surface area contributed by atoms with E-state index in [1.807, 2.05) is 0 Å². The number of benzene rings is 2. The van der Waals surface area contributed by atoms with Crippen LogP contribution in [-0.4, -0.2) is 37.4 Å². The van der Waals surface area contributed by atoms with E-state index >= 15 is 0 Å². The minimum absolute atomic E-state index is 0.178. The molecule has 8 heteroatoms. The van der Waals surface area contributed by atoms with Crippen molar-refractivity contribution in [3.63, 3.8) is 0 Å². The van der Waals surface area contributed by atoms with E-state index in [0.717, 1.165) is 12.1 Å². The molecule has 148 valence electrons. The molecule has 0 saturated carbocycles. The Morgan fingerprint density at radius 2 is 1.68 bits per heavy atom. The predicted molar refractivity (Wildman–Crippen MR) is 99.7 cm³/mol. The van der Waals surface area contributed by atoms with Crippen LogP contribution >= 0.6 is 0 Å². The van der Waals surface area contributed by atoms with Crippen molar-refractivity contribution in [2.45, 2.75) is 6.18 Å². The summed E-state index contributed by atoms with van der Waals surface area (Å²) in [5.74, 6) is -0.188. The van der Waals surface area contributed by atoms with Gasteiger partial charge in [-0.2, -0.15) is 13.2 Å². The zero-order chi connectivity index (χ0) is 20.7. The van der Waals surface area contributed by atoms with Gasteiger partial charge in [0.1, 0.15) is 5.75 Å². The maximum absolute atomic E-state index is 12.5. The lowest BCUT2D eigenvalue weighted by molar-refractivity contribution is -0.137. The van der Waals surface area contributed by atoms with Gasteiger partial charge in [0, 0.05) is 18.8 Å². The van der Waals surface area contributed by atoms with Gasteiger partial charge in [-0.05, 0) is 48.0 Å². The third kappa shape index (κ3) is 6.15. The van der Waals surface area contributed by atoms with Crippen LogP contribution < -0.4 is 10.1 Å². The number of rotatable bonds is 6. The molecule has 28 heavy (non-hydrogen) atoms. The average molecular weight is 392 g/mol. The van der Waals surface area contributed by atoms with Crippen molar-refractivity contribution in [1.29, 1.82) is 0 Å². The number of nitrogens with one attached hydrogen (secondary N) is 1. The molecule has 0 bridgehead atoms. The van der Waals surface area contributed by atoms with E-state index in [2.05, 4.69) is 5.32 Å². The lowest BCUT2D eigenvalue weighted by Gasteiger charge is -2.15. The lowest BCUT2D eigenvalue weighted by atomic mass is 10.1. The summed E-state index contributed by atoms with van der Waals surface area (Å²) in [5, 5.41) is 2.65. The SMILES string of the molecule is COc1ccc(NC(=O)CN(C)C(=O)/C=C/c2ccc(C(F)(F)F)cc2)cc1. The number of carbonyl (C=O) groups excluding carboxylic acids is 2. The first kappa shape index (κ1) is 21.0. The highest BCUT2D eigenvalue weighted by Crippen LogP contribution is 2.29. The van der Waals surface area contributed by atoms with Crippen LogP contribution in [0, 0.1) is 0 Å². The Balaban J connectivity index is 1.89. The first-order valence-corrected chi connectivity index (χ1v) is 8.23. The quantitative estimate of drug-likeness (QED) is 0.761. The number of alkyl halides is 3. The topological polar surface area (TPSA) is 58.6 Å². The van der Waals surface area contributed by atoms with Gasteiger partial charge in [-0.25, -0.2) is 0 Å². The van der Waals surface area contributed by atoms with Crippen molar-refractivity contribution in [3.05, 3.63) is 65.7 Å². The van der Waals surface area contributed by atoms with E-state index in [-0.39, 0.29) is 12.5 Å². The Morgan fingerprint density at radius 1 is 1.07 bits per heavy atom. The van der Waals surface area contributed by atoms with Crippen LogP contribution in [0.5, 0.6) is 5.75 Å². The first-order valence-electron chi connectivity index (χ1n) is 8.23. The Kier molecular flexibility index (Phi) is 6.81. The Labute approximate surface area is 160 Å². The monoisotopic (exact) mass is 392 g/mol. The molecule has 0 atom stereocenters. The minimum Gasteiger partial charge on any atom is -0.497 e. The molecule has 0 fully saturated rings. The second-order valence-electron chi connectivity index (χ2n) is 5.92. The predicted octanol–water partition coefficient (Wildman–Crippen LogP) is 3.82. The van der Waals surface area contributed by atoms with Crippen LogP contribution in [0.25, 0.3) is 6.08 Å². The second kappa shape index (κ2) is 9.07. The summed E-state index contributed by atoms with van der Waals surface area (Å²) >= 11 is 0. The molecule has 0 radical (unpaired) electrons. The zero-order valence-electron chi connectivity index (χ0n) is 15.3. The number of carbonyl (C=O) groups is 2. The van der Waals surface area contributed by atoms with Crippen molar-refractivity contribution in [3.8, 4) is 5.75 Å². The van der Waals surface area contributed by atoms with Gasteiger partial charge in [0.25, 0.3) is 0 Å². The summed E-state index contributed by atoms with van der Waals surface area (Å²) in [6, 6.07) is 11.1. The Hall–Kier alpha value is -3.29. The molecular formula is C20H19F3N2O3. The normalized spacial score (nSPS) is 11.3. The molecule has 0 aliphatic heterocycles. The van der Waals surface area contributed by atoms with Gasteiger partial charge in [-0.3, -0.25) is 9.59 Å². The van der Waals surface area contributed by atoms with E-state index in [1.54, 1.807) is 24.3 Å². The Morgan fingerprint density at radius 3 is 2.21 bits per heavy atom. The number of anilines is 1. The fraction of sp³-hybridized carbons (Fsp3) is 0.200. The van der Waals surface area contributed by atoms with E-state index in [4.69, 9.17) is 4.74 Å². The molecule has 0 aliphatic carbocycles. The van der Waals surface area contributed by atoms with Gasteiger partial charge < -0.3 is 15.0 Å². The molecule has 0 saturated heterocycles. The molecule has 2 aromatic rings. The summed E-state index contributed by atoms with van der Waals surface area (Å²) in [6.45, 7) is -0.178. The fourth-order valence-electron chi connectivity index (χ4n) is 2.25. The molecular weight excluding hydrogens is 373 g/mol. The van der Waals surface area contributed by atoms with Crippen molar-refractivity contribution >= 4 is 23.6 Å². The van der Waals surface area contributed by atoms with Crippen LogP contribution in [0.3, 0.4) is 0 Å². The molecule has 2 rings (SSSR count). The van der Waals surface area contributed by atoms with E-state index in [9.17, 15) is 22.8 Å². The molecule has 0 aliphatic rings. The summed E-state index contributed by atoms with van der Waals surface area (Å²) in [5.41, 5.74) is 0.243. The van der Waals surface area contributed by atoms with Crippen LogP contribution in [-0.2, 0) is 15.8 Å². The first-order chi connectivity index (χ1) is 13.2. The van der Waals surface area contributed by atoms with Crippen molar-refractivity contribution in [2.24, 2.45) is 0 Å². The van der Waals surface area contributed by atoms with E-state index in [1.165, 1.54) is 43.3 Å². The Bertz CT molecular complexity index is 844. The maximum Gasteiger partial charge on any atom is 0.416 e. The third-order valence-corrected chi connectivity index (χ3v) is 3.79. The van der Waals surface area contributed by atoms with Crippen molar-refractivity contribution < 1.29 is 27.5 Å². The number of hydrogen-bond donors (Lipinski definition) is 1. The van der Waals surface area contributed by atoms with Gasteiger partial charge in [-0.15, -0.1) is 0 Å². The maximum atomic E-state index is 12.5. The van der Waals surface area contributed by atoms with Gasteiger partial charge in [0.15, 0.2) is 0 Å². The molecule has 0 unspecified atom stereocenters. The summed E-state index contributed by atoms with van der Waals surface area (Å²) in [6.07, 6.45) is -1.82. The molecule has 0 heterocycles. The van der Waals surface area contributed by atoms with E-state index < -0.39 is 17.6 Å². The molecule has 2 aromatic carbocycles. The summed E-state index contributed by atoms with van der Waals surface area (Å²) < 4.78 is 42.6. The molecule has 0 spiro atoms. The number of ether oxygens (including phenoxy) is 1. The highest BCUT2D eigenvalue weighted by Gasteiger charge is 2.29. The molecule has 0 aromatic heterocycles. The average Bonchev–Trinajstić information content (AvgIpc) is 2.66. The lowest BCUT2D eigenvalue weighted by Crippen LogP contribution is -2.33. The smallest absolute Gasteiger partial charge is 0.416 e. The zero-order valence-corrected chi connectivity index (χ0v) is 15.3. The highest BCUT2D eigenvalue weighted by molar-refractivity contribution is 5.97. The molecule has 2 amide bonds. The van der Waals surface area contributed by atoms with Crippen molar-refractivity contribution in [2.75, 3.05) is 26.0 Å². The van der Waals surface area contributed by atoms with Crippen LogP contribution in [0.1, 0.15) is 11.1 Å². The van der Waals surface area contributed by atoms with E-state index in [0.29, 0.717) is 17.0 Å². The standard InChI is InChI=1S/C20H19F3N2O3/c1-25(13-18(26)24-16-8-10-17(28-2)11-9-16)19(27)12-5-14-3-6-15(7-4-14)20(21,22)23/h3-12H,13H2,1-2H3,(H,24,26)/b12-5+. The number of halogens is 3. The fourth-order valence-corrected chi connectivity index (χ4v) is 2.25. The van der Waals surface area contributed by atoms with Crippen LogP contribution in [0.2, 0.25) is 0 Å². The summed E-state index contributed by atoms with van der Waals surface area (Å²) in [4.78, 5) is 25.3. The van der Waals surface area contributed by atoms with Crippen LogP contribution in [0.15, 0.2) is 54.6 Å². The van der Waals surface area contributed by atoms with Crippen molar-refractivity contribution in [1.82, 2.24) is 4.90 Å². The number of hydrogen-bond acceptors (Lipinski definition) is 3. The van der Waals surface area contributed by atoms with Crippen LogP contribution in [0.4, 0.5) is 18.9 Å². The highest BCUT2D eigenvalue weighted by atomic mass is 19.4. The third-order valence-electron chi connectivity index (χ3n) is 3.79. The number of likely N-dealkylation sites (N-methyl/N-ethyl adjacent to an activating group) is 1. The number of methoxy groups -OCH3 is 1.